The maximum atomic E-state index is 12.3. The first-order valence-corrected chi connectivity index (χ1v) is 9.25. The highest BCUT2D eigenvalue weighted by atomic mass is 16.5. The number of ether oxygens (including phenoxy) is 1. The molecule has 8 nitrogen and oxygen atoms in total. The van der Waals surface area contributed by atoms with E-state index in [9.17, 15) is 4.79 Å². The molecule has 3 aromatic rings. The van der Waals surface area contributed by atoms with Crippen molar-refractivity contribution in [1.82, 2.24) is 29.1 Å². The van der Waals surface area contributed by atoms with Crippen molar-refractivity contribution in [3.63, 3.8) is 0 Å². The van der Waals surface area contributed by atoms with Crippen molar-refractivity contribution in [3.8, 4) is 0 Å². The monoisotopic (exact) mass is 368 g/mol. The quantitative estimate of drug-likeness (QED) is 0.652. The lowest BCUT2D eigenvalue weighted by Crippen LogP contribution is -2.30. The van der Waals surface area contributed by atoms with E-state index in [1.807, 2.05) is 22.9 Å². The van der Waals surface area contributed by atoms with Crippen LogP contribution in [-0.2, 0) is 37.7 Å². The smallest absolute Gasteiger partial charge is 0.345 e. The Balaban J connectivity index is 1.65. The molecule has 2 aromatic heterocycles. The first-order chi connectivity index (χ1) is 13.2. The van der Waals surface area contributed by atoms with Crippen molar-refractivity contribution < 1.29 is 4.74 Å². The molecule has 0 radical (unpaired) electrons. The van der Waals surface area contributed by atoms with Gasteiger partial charge in [0.25, 0.3) is 0 Å². The number of aromatic nitrogens is 6. The van der Waals surface area contributed by atoms with Crippen LogP contribution in [0.1, 0.15) is 35.4 Å². The van der Waals surface area contributed by atoms with Gasteiger partial charge < -0.3 is 4.74 Å². The minimum Gasteiger partial charge on any atom is -0.384 e. The molecule has 3 heterocycles. The number of rotatable bonds is 6. The molecule has 0 N–H and O–H groups in total. The van der Waals surface area contributed by atoms with E-state index in [4.69, 9.17) is 14.8 Å². The summed E-state index contributed by atoms with van der Waals surface area (Å²) in [5, 5.41) is 9.04. The van der Waals surface area contributed by atoms with Crippen LogP contribution in [0.2, 0.25) is 0 Å². The highest BCUT2D eigenvalue weighted by Gasteiger charge is 2.28. The Kier molecular flexibility index (Phi) is 4.89. The van der Waals surface area contributed by atoms with Gasteiger partial charge in [-0.15, -0.1) is 0 Å². The van der Waals surface area contributed by atoms with Gasteiger partial charge in [0.15, 0.2) is 5.82 Å². The van der Waals surface area contributed by atoms with Crippen molar-refractivity contribution >= 4 is 0 Å². The standard InChI is InChI=1S/C19H24N6O2/c1-23-19(26)24-13-15(8-9-17(24)22-23)18-20-16(10-11-27-2)21-25(18)12-14-6-4-3-5-7-14/h3-7,15H,8-13H2,1-2H3/t15-/m0/s1. The summed E-state index contributed by atoms with van der Waals surface area (Å²) in [7, 11) is 3.38. The highest BCUT2D eigenvalue weighted by Crippen LogP contribution is 2.26. The minimum atomic E-state index is -0.0663. The third-order valence-electron chi connectivity index (χ3n) is 5.02. The molecule has 0 unspecified atom stereocenters. The minimum absolute atomic E-state index is 0.0663. The first-order valence-electron chi connectivity index (χ1n) is 9.25. The maximum absolute atomic E-state index is 12.3. The molecular formula is C19H24N6O2. The zero-order valence-corrected chi connectivity index (χ0v) is 15.7. The highest BCUT2D eigenvalue weighted by molar-refractivity contribution is 5.16. The van der Waals surface area contributed by atoms with Crippen molar-refractivity contribution in [1.29, 1.82) is 0 Å². The van der Waals surface area contributed by atoms with E-state index in [1.54, 1.807) is 18.7 Å². The van der Waals surface area contributed by atoms with Crippen LogP contribution < -0.4 is 5.69 Å². The second-order valence-electron chi connectivity index (χ2n) is 6.94. The summed E-state index contributed by atoms with van der Waals surface area (Å²) in [6.45, 7) is 1.85. The van der Waals surface area contributed by atoms with Gasteiger partial charge in [-0.25, -0.2) is 19.1 Å². The van der Waals surface area contributed by atoms with Crippen LogP contribution in [0.3, 0.4) is 0 Å². The molecule has 1 aliphatic rings. The number of hydrogen-bond acceptors (Lipinski definition) is 5. The maximum Gasteiger partial charge on any atom is 0.345 e. The normalized spacial score (nSPS) is 16.4. The molecule has 0 fully saturated rings. The average Bonchev–Trinajstić information content (AvgIpc) is 3.21. The van der Waals surface area contributed by atoms with E-state index in [0.717, 1.165) is 30.3 Å². The Morgan fingerprint density at radius 2 is 2.04 bits per heavy atom. The summed E-state index contributed by atoms with van der Waals surface area (Å²) in [6.07, 6.45) is 2.36. The van der Waals surface area contributed by atoms with Crippen LogP contribution in [-0.4, -0.2) is 42.8 Å². The molecule has 1 aromatic carbocycles. The van der Waals surface area contributed by atoms with E-state index in [1.165, 1.54) is 10.2 Å². The molecule has 0 spiro atoms. The van der Waals surface area contributed by atoms with E-state index < -0.39 is 0 Å². The molecule has 0 bridgehead atoms. The molecule has 0 amide bonds. The lowest BCUT2D eigenvalue weighted by molar-refractivity contribution is 0.200. The third-order valence-corrected chi connectivity index (χ3v) is 5.02. The van der Waals surface area contributed by atoms with Gasteiger partial charge in [0.1, 0.15) is 11.6 Å². The number of hydrogen-bond donors (Lipinski definition) is 0. The lowest BCUT2D eigenvalue weighted by atomic mass is 9.98. The molecular weight excluding hydrogens is 344 g/mol. The SMILES string of the molecule is COCCc1nc([C@H]2CCc3nn(C)c(=O)n3C2)n(Cc2ccccc2)n1. The largest absolute Gasteiger partial charge is 0.384 e. The van der Waals surface area contributed by atoms with Crippen molar-refractivity contribution in [2.24, 2.45) is 7.05 Å². The van der Waals surface area contributed by atoms with Crippen LogP contribution >= 0.6 is 0 Å². The predicted octanol–water partition coefficient (Wildman–Crippen LogP) is 1.14. The molecule has 4 rings (SSSR count). The van der Waals surface area contributed by atoms with Crippen LogP contribution in [0.25, 0.3) is 0 Å². The van der Waals surface area contributed by atoms with E-state index in [-0.39, 0.29) is 11.6 Å². The van der Waals surface area contributed by atoms with Crippen molar-refractivity contribution in [3.05, 3.63) is 63.9 Å². The summed E-state index contributed by atoms with van der Waals surface area (Å²) in [6, 6.07) is 10.2. The Bertz CT molecular complexity index is 972. The van der Waals surface area contributed by atoms with E-state index >= 15 is 0 Å². The molecule has 0 saturated heterocycles. The summed E-state index contributed by atoms with van der Waals surface area (Å²) >= 11 is 0. The summed E-state index contributed by atoms with van der Waals surface area (Å²) < 4.78 is 10.3. The number of benzene rings is 1. The third kappa shape index (κ3) is 3.57. The molecule has 0 aliphatic carbocycles. The van der Waals surface area contributed by atoms with Crippen molar-refractivity contribution in [2.45, 2.75) is 38.3 Å². The van der Waals surface area contributed by atoms with Gasteiger partial charge in [0.05, 0.1) is 13.2 Å². The molecule has 1 atom stereocenters. The molecule has 1 aliphatic heterocycles. The van der Waals surface area contributed by atoms with Gasteiger partial charge >= 0.3 is 5.69 Å². The Morgan fingerprint density at radius 1 is 1.22 bits per heavy atom. The van der Waals surface area contributed by atoms with Gasteiger partial charge in [-0.05, 0) is 12.0 Å². The fraction of sp³-hybridized carbons (Fsp3) is 0.474. The zero-order valence-electron chi connectivity index (χ0n) is 15.7. The van der Waals surface area contributed by atoms with Crippen molar-refractivity contribution in [2.75, 3.05) is 13.7 Å². The van der Waals surface area contributed by atoms with Gasteiger partial charge in [-0.3, -0.25) is 4.57 Å². The number of aryl methyl sites for hydroxylation is 2. The molecule has 8 heteroatoms. The molecule has 142 valence electrons. The van der Waals surface area contributed by atoms with Crippen LogP contribution in [0.15, 0.2) is 35.1 Å². The number of fused-ring (bicyclic) bond motifs is 1. The Hall–Kier alpha value is -2.74. The summed E-state index contributed by atoms with van der Waals surface area (Å²) in [4.78, 5) is 17.1. The summed E-state index contributed by atoms with van der Waals surface area (Å²) in [5.74, 6) is 2.72. The van der Waals surface area contributed by atoms with E-state index in [2.05, 4.69) is 17.2 Å². The molecule has 27 heavy (non-hydrogen) atoms. The average molecular weight is 368 g/mol. The van der Waals surface area contributed by atoms with Crippen LogP contribution in [0.5, 0.6) is 0 Å². The lowest BCUT2D eigenvalue weighted by Gasteiger charge is -2.22. The van der Waals surface area contributed by atoms with Gasteiger partial charge in [-0.2, -0.15) is 10.2 Å². The second kappa shape index (κ2) is 7.48. The fourth-order valence-corrected chi connectivity index (χ4v) is 3.63. The Labute approximate surface area is 157 Å². The van der Waals surface area contributed by atoms with Gasteiger partial charge in [0, 0.05) is 39.5 Å². The van der Waals surface area contributed by atoms with Gasteiger partial charge in [-0.1, -0.05) is 30.3 Å². The predicted molar refractivity (Wildman–Crippen MR) is 99.7 cm³/mol. The molecule has 0 saturated carbocycles. The fourth-order valence-electron chi connectivity index (χ4n) is 3.63. The summed E-state index contributed by atoms with van der Waals surface area (Å²) in [5.41, 5.74) is 1.11. The number of nitrogens with zero attached hydrogens (tertiary/aromatic N) is 6. The number of methoxy groups -OCH3 is 1. The Morgan fingerprint density at radius 3 is 2.81 bits per heavy atom. The van der Waals surface area contributed by atoms with Crippen LogP contribution in [0.4, 0.5) is 0 Å². The van der Waals surface area contributed by atoms with E-state index in [0.29, 0.717) is 26.1 Å². The zero-order chi connectivity index (χ0) is 18.8. The van der Waals surface area contributed by atoms with Crippen LogP contribution in [0, 0.1) is 0 Å². The van der Waals surface area contributed by atoms with Gasteiger partial charge in [0.2, 0.25) is 0 Å². The first kappa shape index (κ1) is 17.7. The second-order valence-corrected chi connectivity index (χ2v) is 6.94. The topological polar surface area (TPSA) is 79.8 Å².